The second kappa shape index (κ2) is 4.56. The topological polar surface area (TPSA) is 38.9 Å². The predicted octanol–water partition coefficient (Wildman–Crippen LogP) is 4.16. The fraction of sp³-hybridized carbons (Fsp3) is 0.467. The first-order chi connectivity index (χ1) is 8.38. The molecule has 0 spiro atoms. The highest BCUT2D eigenvalue weighted by Crippen LogP contribution is 2.26. The molecule has 0 radical (unpaired) electrons. The Hall–Kier alpha value is -1.64. The predicted molar refractivity (Wildman–Crippen MR) is 72.5 cm³/mol. The van der Waals surface area contributed by atoms with E-state index >= 15 is 0 Å². The Kier molecular flexibility index (Phi) is 3.24. The lowest BCUT2D eigenvalue weighted by atomic mass is 9.86. The van der Waals surface area contributed by atoms with Crippen molar-refractivity contribution in [2.24, 2.45) is 0 Å². The smallest absolute Gasteiger partial charge is 0.229 e. The fourth-order valence-electron chi connectivity index (χ4n) is 1.71. The van der Waals surface area contributed by atoms with Gasteiger partial charge in [0, 0.05) is 11.5 Å². The molecular formula is C15H20N2O. The van der Waals surface area contributed by atoms with Gasteiger partial charge in [-0.05, 0) is 17.0 Å². The molecule has 0 fully saturated rings. The average Bonchev–Trinajstić information content (AvgIpc) is 2.77. The molecule has 1 heterocycles. The van der Waals surface area contributed by atoms with Crippen LogP contribution in [0.3, 0.4) is 0 Å². The zero-order valence-corrected chi connectivity index (χ0v) is 11.7. The van der Waals surface area contributed by atoms with Crippen molar-refractivity contribution in [1.82, 2.24) is 10.1 Å². The summed E-state index contributed by atoms with van der Waals surface area (Å²) in [5.41, 5.74) is 2.41. The summed E-state index contributed by atoms with van der Waals surface area (Å²) >= 11 is 0. The van der Waals surface area contributed by atoms with Crippen molar-refractivity contribution in [2.75, 3.05) is 0 Å². The van der Waals surface area contributed by atoms with Gasteiger partial charge in [-0.1, -0.05) is 58.0 Å². The lowest BCUT2D eigenvalue weighted by Gasteiger charge is -2.19. The van der Waals surface area contributed by atoms with Gasteiger partial charge in [-0.2, -0.15) is 4.98 Å². The SMILES string of the molecule is CC(C)c1nc(-c2cccc(C(C)(C)C)c2)no1. The summed E-state index contributed by atoms with van der Waals surface area (Å²) in [5.74, 6) is 1.62. The van der Waals surface area contributed by atoms with E-state index in [9.17, 15) is 0 Å². The molecule has 0 bridgehead atoms. The Morgan fingerprint density at radius 3 is 2.44 bits per heavy atom. The summed E-state index contributed by atoms with van der Waals surface area (Å²) in [6.45, 7) is 10.7. The molecule has 0 atom stereocenters. The molecule has 1 aromatic heterocycles. The number of hydrogen-bond donors (Lipinski definition) is 0. The number of rotatable bonds is 2. The highest BCUT2D eigenvalue weighted by atomic mass is 16.5. The molecule has 0 amide bonds. The summed E-state index contributed by atoms with van der Waals surface area (Å²) < 4.78 is 5.24. The van der Waals surface area contributed by atoms with Gasteiger partial charge in [0.05, 0.1) is 0 Å². The number of benzene rings is 1. The maximum Gasteiger partial charge on any atom is 0.229 e. The Morgan fingerprint density at radius 2 is 1.89 bits per heavy atom. The van der Waals surface area contributed by atoms with Gasteiger partial charge in [-0.25, -0.2) is 0 Å². The van der Waals surface area contributed by atoms with Crippen molar-refractivity contribution in [3.63, 3.8) is 0 Å². The fourth-order valence-corrected chi connectivity index (χ4v) is 1.71. The van der Waals surface area contributed by atoms with Crippen LogP contribution in [-0.2, 0) is 5.41 Å². The van der Waals surface area contributed by atoms with E-state index in [0.717, 1.165) is 5.56 Å². The second-order valence-electron chi connectivity index (χ2n) is 5.94. The minimum absolute atomic E-state index is 0.126. The summed E-state index contributed by atoms with van der Waals surface area (Å²) in [5, 5.41) is 4.04. The van der Waals surface area contributed by atoms with Crippen molar-refractivity contribution in [2.45, 2.75) is 46.0 Å². The molecular weight excluding hydrogens is 224 g/mol. The van der Waals surface area contributed by atoms with Gasteiger partial charge in [0.1, 0.15) is 0 Å². The maximum absolute atomic E-state index is 5.24. The van der Waals surface area contributed by atoms with Crippen molar-refractivity contribution < 1.29 is 4.52 Å². The first-order valence-corrected chi connectivity index (χ1v) is 6.32. The van der Waals surface area contributed by atoms with Gasteiger partial charge in [0.25, 0.3) is 0 Å². The van der Waals surface area contributed by atoms with Gasteiger partial charge < -0.3 is 4.52 Å². The second-order valence-corrected chi connectivity index (χ2v) is 5.94. The van der Waals surface area contributed by atoms with Crippen molar-refractivity contribution >= 4 is 0 Å². The molecule has 0 N–H and O–H groups in total. The quantitative estimate of drug-likeness (QED) is 0.796. The Morgan fingerprint density at radius 1 is 1.17 bits per heavy atom. The van der Waals surface area contributed by atoms with E-state index in [4.69, 9.17) is 4.52 Å². The third-order valence-electron chi connectivity index (χ3n) is 2.92. The van der Waals surface area contributed by atoms with Crippen molar-refractivity contribution in [3.8, 4) is 11.4 Å². The van der Waals surface area contributed by atoms with Gasteiger partial charge in [-0.3, -0.25) is 0 Å². The van der Waals surface area contributed by atoms with Crippen LogP contribution in [0.5, 0.6) is 0 Å². The summed E-state index contributed by atoms with van der Waals surface area (Å²) in [4.78, 5) is 4.43. The zero-order valence-electron chi connectivity index (χ0n) is 11.7. The highest BCUT2D eigenvalue weighted by molar-refractivity contribution is 5.56. The van der Waals surface area contributed by atoms with Crippen LogP contribution in [0.4, 0.5) is 0 Å². The number of aromatic nitrogens is 2. The molecule has 18 heavy (non-hydrogen) atoms. The van der Waals surface area contributed by atoms with Crippen LogP contribution in [0.1, 0.15) is 52.0 Å². The van der Waals surface area contributed by atoms with E-state index in [1.165, 1.54) is 5.56 Å². The molecule has 3 heteroatoms. The molecule has 0 saturated heterocycles. The van der Waals surface area contributed by atoms with Gasteiger partial charge in [0.15, 0.2) is 0 Å². The van der Waals surface area contributed by atoms with E-state index in [-0.39, 0.29) is 11.3 Å². The molecule has 0 unspecified atom stereocenters. The molecule has 0 saturated carbocycles. The monoisotopic (exact) mass is 244 g/mol. The lowest BCUT2D eigenvalue weighted by molar-refractivity contribution is 0.365. The molecule has 0 aliphatic heterocycles. The third-order valence-corrected chi connectivity index (χ3v) is 2.92. The summed E-state index contributed by atoms with van der Waals surface area (Å²) in [6, 6.07) is 8.33. The Labute approximate surface area is 108 Å². The van der Waals surface area contributed by atoms with Crippen molar-refractivity contribution in [3.05, 3.63) is 35.7 Å². The molecule has 2 aromatic rings. The minimum atomic E-state index is 0.126. The van der Waals surface area contributed by atoms with Crippen LogP contribution < -0.4 is 0 Å². The molecule has 2 rings (SSSR count). The van der Waals surface area contributed by atoms with Crippen LogP contribution in [0.15, 0.2) is 28.8 Å². The molecule has 3 nitrogen and oxygen atoms in total. The van der Waals surface area contributed by atoms with E-state index in [0.29, 0.717) is 11.7 Å². The maximum atomic E-state index is 5.24. The Bertz CT molecular complexity index is 535. The van der Waals surface area contributed by atoms with E-state index in [1.54, 1.807) is 0 Å². The minimum Gasteiger partial charge on any atom is -0.339 e. The van der Waals surface area contributed by atoms with Gasteiger partial charge in [-0.15, -0.1) is 0 Å². The van der Waals surface area contributed by atoms with E-state index in [1.807, 2.05) is 26.0 Å². The Balaban J connectivity index is 2.38. The van der Waals surface area contributed by atoms with Gasteiger partial charge >= 0.3 is 0 Å². The first kappa shape index (κ1) is 12.8. The van der Waals surface area contributed by atoms with Crippen LogP contribution >= 0.6 is 0 Å². The van der Waals surface area contributed by atoms with Crippen LogP contribution in [-0.4, -0.2) is 10.1 Å². The molecule has 0 aliphatic carbocycles. The third kappa shape index (κ3) is 2.61. The van der Waals surface area contributed by atoms with Crippen molar-refractivity contribution in [1.29, 1.82) is 0 Å². The average molecular weight is 244 g/mol. The first-order valence-electron chi connectivity index (χ1n) is 6.32. The molecule has 0 aliphatic rings. The molecule has 96 valence electrons. The van der Waals surface area contributed by atoms with Crippen LogP contribution in [0, 0.1) is 0 Å². The van der Waals surface area contributed by atoms with Gasteiger partial charge in [0.2, 0.25) is 11.7 Å². The highest BCUT2D eigenvalue weighted by Gasteiger charge is 2.16. The zero-order chi connectivity index (χ0) is 13.3. The molecule has 1 aromatic carbocycles. The number of hydrogen-bond acceptors (Lipinski definition) is 3. The normalized spacial score (nSPS) is 12.1. The van der Waals surface area contributed by atoms with E-state index < -0.39 is 0 Å². The standard InChI is InChI=1S/C15H20N2O/c1-10(2)14-16-13(17-18-14)11-7-6-8-12(9-11)15(3,4)5/h6-10H,1-5H3. The van der Waals surface area contributed by atoms with E-state index in [2.05, 4.69) is 43.0 Å². The van der Waals surface area contributed by atoms with Crippen LogP contribution in [0.25, 0.3) is 11.4 Å². The number of nitrogens with zero attached hydrogens (tertiary/aromatic N) is 2. The summed E-state index contributed by atoms with van der Waals surface area (Å²) in [7, 11) is 0. The van der Waals surface area contributed by atoms with Crippen LogP contribution in [0.2, 0.25) is 0 Å². The lowest BCUT2D eigenvalue weighted by Crippen LogP contribution is -2.10. The largest absolute Gasteiger partial charge is 0.339 e. The summed E-state index contributed by atoms with van der Waals surface area (Å²) in [6.07, 6.45) is 0.